The number of ether oxygens (including phenoxy) is 1. The Morgan fingerprint density at radius 1 is 1.03 bits per heavy atom. The monoisotopic (exact) mass is 393 g/mol. The van der Waals surface area contributed by atoms with Gasteiger partial charge < -0.3 is 9.64 Å². The minimum atomic E-state index is -0.161. The number of ketones is 1. The molecule has 0 spiro atoms. The number of aromatic nitrogens is 2. The molecule has 3 aromatic rings. The molecule has 0 unspecified atom stereocenters. The van der Waals surface area contributed by atoms with Crippen molar-refractivity contribution in [2.45, 2.75) is 33.2 Å². The largest absolute Gasteiger partial charge is 0.497 e. The summed E-state index contributed by atoms with van der Waals surface area (Å²) in [6.45, 7) is 5.63. The van der Waals surface area contributed by atoms with E-state index in [2.05, 4.69) is 18.9 Å². The van der Waals surface area contributed by atoms with Crippen LogP contribution in [0.5, 0.6) is 5.75 Å². The molecule has 0 aliphatic carbocycles. The third kappa shape index (κ3) is 4.47. The molecule has 1 amide bonds. The van der Waals surface area contributed by atoms with Crippen LogP contribution >= 0.6 is 0 Å². The Labute approximate surface area is 171 Å². The molecule has 0 saturated carbocycles. The molecule has 0 atom stereocenters. The van der Waals surface area contributed by atoms with Crippen molar-refractivity contribution >= 4 is 22.6 Å². The van der Waals surface area contributed by atoms with E-state index in [-0.39, 0.29) is 18.2 Å². The summed E-state index contributed by atoms with van der Waals surface area (Å²) >= 11 is 0. The summed E-state index contributed by atoms with van der Waals surface area (Å²) < 4.78 is 6.96. The quantitative estimate of drug-likeness (QED) is 0.517. The average Bonchev–Trinajstić information content (AvgIpc) is 3.11. The SMILES string of the molecule is CCCN(CCC)C(=O)Cn1nc(C(=O)c2ccccc2)c2ccc(OC)cc21. The standard InChI is InChI=1S/C23H27N3O3/c1-4-13-25(14-5-2)21(27)16-26-20-15-18(29-3)11-12-19(20)22(24-26)23(28)17-9-7-6-8-10-17/h6-12,15H,4-5,13-14,16H2,1-3H3. The van der Waals surface area contributed by atoms with Gasteiger partial charge in [0.1, 0.15) is 18.0 Å². The molecule has 0 aliphatic heterocycles. The van der Waals surface area contributed by atoms with E-state index in [4.69, 9.17) is 4.74 Å². The third-order valence-electron chi connectivity index (χ3n) is 4.83. The zero-order valence-electron chi connectivity index (χ0n) is 17.2. The highest BCUT2D eigenvalue weighted by Gasteiger charge is 2.21. The van der Waals surface area contributed by atoms with Crippen molar-refractivity contribution in [2.75, 3.05) is 20.2 Å². The van der Waals surface area contributed by atoms with Gasteiger partial charge in [-0.2, -0.15) is 5.10 Å². The summed E-state index contributed by atoms with van der Waals surface area (Å²) in [6.07, 6.45) is 1.80. The fraction of sp³-hybridized carbons (Fsp3) is 0.348. The number of benzene rings is 2. The lowest BCUT2D eigenvalue weighted by Gasteiger charge is -2.21. The molecule has 1 aromatic heterocycles. The van der Waals surface area contributed by atoms with Crippen molar-refractivity contribution in [1.29, 1.82) is 0 Å². The van der Waals surface area contributed by atoms with Gasteiger partial charge in [0.2, 0.25) is 11.7 Å². The number of methoxy groups -OCH3 is 1. The van der Waals surface area contributed by atoms with Gasteiger partial charge in [0.05, 0.1) is 12.6 Å². The molecular formula is C23H27N3O3. The van der Waals surface area contributed by atoms with Gasteiger partial charge in [0.15, 0.2) is 0 Å². The van der Waals surface area contributed by atoms with Crippen molar-refractivity contribution in [3.63, 3.8) is 0 Å². The van der Waals surface area contributed by atoms with Gasteiger partial charge in [-0.05, 0) is 25.0 Å². The van der Waals surface area contributed by atoms with E-state index in [1.54, 1.807) is 30.0 Å². The second-order valence-electron chi connectivity index (χ2n) is 6.97. The number of hydrogen-bond donors (Lipinski definition) is 0. The first-order chi connectivity index (χ1) is 14.1. The number of carbonyl (C=O) groups excluding carboxylic acids is 2. The van der Waals surface area contributed by atoms with Crippen LogP contribution in [0.15, 0.2) is 48.5 Å². The first-order valence-electron chi connectivity index (χ1n) is 10.0. The molecule has 2 aromatic carbocycles. The second-order valence-corrected chi connectivity index (χ2v) is 6.97. The van der Waals surface area contributed by atoms with Crippen LogP contribution in [0.4, 0.5) is 0 Å². The van der Waals surface area contributed by atoms with Crippen LogP contribution in [0.25, 0.3) is 10.9 Å². The molecular weight excluding hydrogens is 366 g/mol. The smallest absolute Gasteiger partial charge is 0.244 e. The van der Waals surface area contributed by atoms with Gasteiger partial charge in [0.25, 0.3) is 0 Å². The molecule has 0 N–H and O–H groups in total. The maximum atomic E-state index is 13.1. The van der Waals surface area contributed by atoms with E-state index in [1.807, 2.05) is 35.2 Å². The van der Waals surface area contributed by atoms with Gasteiger partial charge >= 0.3 is 0 Å². The van der Waals surface area contributed by atoms with Crippen molar-refractivity contribution in [3.05, 3.63) is 59.8 Å². The van der Waals surface area contributed by atoms with Gasteiger partial charge in [0, 0.05) is 30.1 Å². The Balaban J connectivity index is 2.02. The van der Waals surface area contributed by atoms with E-state index >= 15 is 0 Å². The first kappa shape index (κ1) is 20.6. The highest BCUT2D eigenvalue weighted by molar-refractivity contribution is 6.15. The Morgan fingerprint density at radius 3 is 2.34 bits per heavy atom. The molecule has 0 radical (unpaired) electrons. The molecule has 3 rings (SSSR count). The van der Waals surface area contributed by atoms with Gasteiger partial charge in [-0.1, -0.05) is 44.2 Å². The summed E-state index contributed by atoms with van der Waals surface area (Å²) in [7, 11) is 1.59. The summed E-state index contributed by atoms with van der Waals surface area (Å²) in [5.41, 5.74) is 1.63. The Hall–Kier alpha value is -3.15. The Kier molecular flexibility index (Phi) is 6.65. The Morgan fingerprint density at radius 2 is 1.72 bits per heavy atom. The lowest BCUT2D eigenvalue weighted by atomic mass is 10.1. The normalized spacial score (nSPS) is 10.9. The molecule has 0 bridgehead atoms. The molecule has 0 aliphatic rings. The van der Waals surface area contributed by atoms with Crippen LogP contribution < -0.4 is 4.74 Å². The van der Waals surface area contributed by atoms with Crippen molar-refractivity contribution in [1.82, 2.24) is 14.7 Å². The second kappa shape index (κ2) is 9.37. The van der Waals surface area contributed by atoms with E-state index in [0.29, 0.717) is 41.0 Å². The predicted octanol–water partition coefficient (Wildman–Crippen LogP) is 3.92. The lowest BCUT2D eigenvalue weighted by Crippen LogP contribution is -2.35. The van der Waals surface area contributed by atoms with Crippen molar-refractivity contribution in [3.8, 4) is 5.75 Å². The molecule has 6 heteroatoms. The highest BCUT2D eigenvalue weighted by atomic mass is 16.5. The van der Waals surface area contributed by atoms with Crippen LogP contribution in [0.3, 0.4) is 0 Å². The molecule has 6 nitrogen and oxygen atoms in total. The zero-order chi connectivity index (χ0) is 20.8. The van der Waals surface area contributed by atoms with Gasteiger partial charge in [-0.25, -0.2) is 0 Å². The van der Waals surface area contributed by atoms with Gasteiger partial charge in [-0.3, -0.25) is 14.3 Å². The summed E-state index contributed by atoms with van der Waals surface area (Å²) in [6, 6.07) is 14.5. The fourth-order valence-electron chi connectivity index (χ4n) is 3.42. The van der Waals surface area contributed by atoms with Crippen molar-refractivity contribution < 1.29 is 14.3 Å². The lowest BCUT2D eigenvalue weighted by molar-refractivity contribution is -0.132. The predicted molar refractivity (Wildman–Crippen MR) is 113 cm³/mol. The topological polar surface area (TPSA) is 64.4 Å². The number of amides is 1. The summed E-state index contributed by atoms with van der Waals surface area (Å²) in [5, 5.41) is 5.26. The van der Waals surface area contributed by atoms with Crippen LogP contribution in [0.1, 0.15) is 42.7 Å². The minimum Gasteiger partial charge on any atom is -0.497 e. The Bertz CT molecular complexity index is 989. The van der Waals surface area contributed by atoms with Crippen LogP contribution in [-0.4, -0.2) is 46.6 Å². The summed E-state index contributed by atoms with van der Waals surface area (Å²) in [4.78, 5) is 27.8. The fourth-order valence-corrected chi connectivity index (χ4v) is 3.42. The van der Waals surface area contributed by atoms with Crippen molar-refractivity contribution in [2.24, 2.45) is 0 Å². The average molecular weight is 393 g/mol. The first-order valence-corrected chi connectivity index (χ1v) is 10.0. The number of nitrogens with zero attached hydrogens (tertiary/aromatic N) is 3. The number of carbonyl (C=O) groups is 2. The van der Waals surface area contributed by atoms with E-state index < -0.39 is 0 Å². The summed E-state index contributed by atoms with van der Waals surface area (Å²) in [5.74, 6) is 0.495. The maximum Gasteiger partial charge on any atom is 0.244 e. The number of fused-ring (bicyclic) bond motifs is 1. The maximum absolute atomic E-state index is 13.1. The van der Waals surface area contributed by atoms with Crippen LogP contribution in [0, 0.1) is 0 Å². The minimum absolute atomic E-state index is 0.000343. The molecule has 1 heterocycles. The molecule has 0 fully saturated rings. The highest BCUT2D eigenvalue weighted by Crippen LogP contribution is 2.26. The van der Waals surface area contributed by atoms with E-state index in [0.717, 1.165) is 12.8 Å². The molecule has 0 saturated heterocycles. The number of hydrogen-bond acceptors (Lipinski definition) is 4. The van der Waals surface area contributed by atoms with E-state index in [1.165, 1.54) is 0 Å². The molecule has 152 valence electrons. The van der Waals surface area contributed by atoms with Crippen LogP contribution in [-0.2, 0) is 11.3 Å². The van der Waals surface area contributed by atoms with E-state index in [9.17, 15) is 9.59 Å². The van der Waals surface area contributed by atoms with Crippen LogP contribution in [0.2, 0.25) is 0 Å². The number of rotatable bonds is 9. The van der Waals surface area contributed by atoms with Gasteiger partial charge in [-0.15, -0.1) is 0 Å². The zero-order valence-corrected chi connectivity index (χ0v) is 17.2. The third-order valence-corrected chi connectivity index (χ3v) is 4.83. The molecule has 29 heavy (non-hydrogen) atoms.